The number of carbonyl (C=O) groups excluding carboxylic acids is 2. The van der Waals surface area contributed by atoms with E-state index in [4.69, 9.17) is 4.84 Å². The number of nitrogens with zero attached hydrogens (tertiary/aromatic N) is 2. The first-order chi connectivity index (χ1) is 11.4. The Balaban J connectivity index is 1.71. The van der Waals surface area contributed by atoms with Crippen molar-refractivity contribution in [3.63, 3.8) is 0 Å². The molecule has 1 aliphatic rings. The van der Waals surface area contributed by atoms with E-state index < -0.39 is 5.97 Å². The number of hydrogen-bond acceptors (Lipinski definition) is 6. The highest BCUT2D eigenvalue weighted by Crippen LogP contribution is 2.21. The van der Waals surface area contributed by atoms with Crippen LogP contribution in [0, 0.1) is 0 Å². The summed E-state index contributed by atoms with van der Waals surface area (Å²) in [6.07, 6.45) is 3.31. The van der Waals surface area contributed by atoms with Gasteiger partial charge in [0, 0.05) is 30.8 Å². The molecule has 0 unspecified atom stereocenters. The zero-order chi connectivity index (χ0) is 17.7. The third kappa shape index (κ3) is 4.64. The Hall–Kier alpha value is -2.22. The van der Waals surface area contributed by atoms with Gasteiger partial charge in [0.05, 0.1) is 13.0 Å². The van der Waals surface area contributed by atoms with Crippen LogP contribution in [0.2, 0.25) is 0 Å². The summed E-state index contributed by atoms with van der Waals surface area (Å²) in [7, 11) is 0. The molecule has 0 aromatic carbocycles. The maximum Gasteiger partial charge on any atom is 0.334 e. The lowest BCUT2D eigenvalue weighted by molar-refractivity contribution is -0.145. The van der Waals surface area contributed by atoms with E-state index in [0.29, 0.717) is 23.4 Å². The van der Waals surface area contributed by atoms with E-state index in [1.54, 1.807) is 0 Å². The summed E-state index contributed by atoms with van der Waals surface area (Å²) in [6.45, 7) is 4.69. The average Bonchev–Trinajstić information content (AvgIpc) is 2.83. The number of piperidine rings is 1. The van der Waals surface area contributed by atoms with Gasteiger partial charge in [0.2, 0.25) is 17.7 Å². The fourth-order valence-corrected chi connectivity index (χ4v) is 2.95. The van der Waals surface area contributed by atoms with Crippen LogP contribution >= 0.6 is 0 Å². The van der Waals surface area contributed by atoms with Gasteiger partial charge in [0.1, 0.15) is 0 Å². The molecule has 8 nitrogen and oxygen atoms in total. The van der Waals surface area contributed by atoms with Crippen LogP contribution < -0.4 is 10.2 Å². The molecule has 3 N–H and O–H groups in total. The molecule has 2 atom stereocenters. The second-order valence-electron chi connectivity index (χ2n) is 6.21. The SMILES string of the molecule is [13CH3][C@@H]1CCC[C@H]([13CH3])N1C[13C](=O)[15NH][13CH2]CC(=O)On1c(O)ccc1O. The fourth-order valence-electron chi connectivity index (χ4n) is 2.95. The van der Waals surface area contributed by atoms with Crippen molar-refractivity contribution in [1.29, 1.82) is 0 Å². The molecule has 1 amide bonds. The molecule has 1 saturated heterocycles. The van der Waals surface area contributed by atoms with Crippen molar-refractivity contribution in [3.05, 3.63) is 12.1 Å². The van der Waals surface area contributed by atoms with E-state index in [1.807, 2.05) is 0 Å². The second-order valence-corrected chi connectivity index (χ2v) is 6.21. The topological polar surface area (TPSA) is 104 Å². The number of aromatic hydroxyl groups is 2. The van der Waals surface area contributed by atoms with Crippen LogP contribution in [-0.4, -0.2) is 56.9 Å². The Morgan fingerprint density at radius 3 is 2.38 bits per heavy atom. The van der Waals surface area contributed by atoms with Crippen LogP contribution in [0.15, 0.2) is 12.1 Å². The number of nitrogens with one attached hydrogen (secondary N) is 1. The highest BCUT2D eigenvalue weighted by atomic mass is 16.7. The molecule has 1 aromatic rings. The smallest absolute Gasteiger partial charge is 0.334 e. The van der Waals surface area contributed by atoms with Gasteiger partial charge in [-0.2, -0.15) is 0 Å². The van der Waals surface area contributed by atoms with E-state index in [0.717, 1.165) is 12.8 Å². The minimum Gasteiger partial charge on any atom is -0.492 e. The molecule has 0 bridgehead atoms. The lowest BCUT2D eigenvalue weighted by Crippen LogP contribution is -2.48. The molecule has 2 heterocycles. The summed E-state index contributed by atoms with van der Waals surface area (Å²) in [5, 5.41) is 21.4. The first-order valence-electron chi connectivity index (χ1n) is 8.21. The van der Waals surface area contributed by atoms with Crippen molar-refractivity contribution in [2.24, 2.45) is 0 Å². The predicted octanol–water partition coefficient (Wildman–Crippen LogP) is 0.624. The average molecular weight is 344 g/mol. The predicted molar refractivity (Wildman–Crippen MR) is 86.5 cm³/mol. The Morgan fingerprint density at radius 2 is 1.79 bits per heavy atom. The highest BCUT2D eigenvalue weighted by molar-refractivity contribution is 5.79. The van der Waals surface area contributed by atoms with Crippen molar-refractivity contribution < 1.29 is 24.6 Å². The Bertz CT molecular complexity index is 557. The first kappa shape index (κ1) is 18.1. The zero-order valence-corrected chi connectivity index (χ0v) is 14.1. The van der Waals surface area contributed by atoms with E-state index in [-0.39, 0.29) is 30.6 Å². The molecular formula is C16H25N3O5. The highest BCUT2D eigenvalue weighted by Gasteiger charge is 2.26. The summed E-state index contributed by atoms with van der Waals surface area (Å²) >= 11 is 0. The number of rotatable bonds is 6. The maximum atomic E-state index is 12.0. The molecule has 8 heteroatoms. The van der Waals surface area contributed by atoms with Crippen molar-refractivity contribution in [1.82, 2.24) is 14.9 Å². The van der Waals surface area contributed by atoms with Crippen molar-refractivity contribution >= 4 is 11.9 Å². The minimum atomic E-state index is -0.670. The number of amides is 1. The quantitative estimate of drug-likeness (QED) is 0.516. The molecule has 2 rings (SSSR count). The molecule has 1 fully saturated rings. The first-order valence-corrected chi connectivity index (χ1v) is 8.21. The molecule has 0 saturated carbocycles. The van der Waals surface area contributed by atoms with E-state index in [9.17, 15) is 19.8 Å². The van der Waals surface area contributed by atoms with E-state index in [1.165, 1.54) is 18.6 Å². The van der Waals surface area contributed by atoms with Gasteiger partial charge in [-0.05, 0) is 26.7 Å². The number of aromatic nitrogens is 1. The van der Waals surface area contributed by atoms with E-state index in [2.05, 4.69) is 24.1 Å². The van der Waals surface area contributed by atoms with Crippen LogP contribution in [0.4, 0.5) is 0 Å². The second kappa shape index (κ2) is 8.05. The third-order valence-electron chi connectivity index (χ3n) is 4.34. The Kier molecular flexibility index (Phi) is 6.08. The Morgan fingerprint density at radius 1 is 1.21 bits per heavy atom. The van der Waals surface area contributed by atoms with E-state index >= 15 is 0 Å². The van der Waals surface area contributed by atoms with Gasteiger partial charge in [-0.15, -0.1) is 4.73 Å². The van der Waals surface area contributed by atoms with Crippen molar-refractivity contribution in [3.8, 4) is 11.8 Å². The van der Waals surface area contributed by atoms with Crippen LogP contribution in [0.3, 0.4) is 0 Å². The molecule has 0 spiro atoms. The largest absolute Gasteiger partial charge is 0.492 e. The van der Waals surface area contributed by atoms with Gasteiger partial charge in [-0.25, -0.2) is 4.79 Å². The summed E-state index contributed by atoms with van der Waals surface area (Å²) in [4.78, 5) is 30.7. The molecule has 1 aliphatic heterocycles. The maximum absolute atomic E-state index is 12.0. The monoisotopic (exact) mass is 344 g/mol. The minimum absolute atomic E-state index is 0.0616. The van der Waals surface area contributed by atoms with Gasteiger partial charge in [-0.1, -0.05) is 6.42 Å². The molecular weight excluding hydrogens is 319 g/mol. The van der Waals surface area contributed by atoms with Gasteiger partial charge in [0.25, 0.3) is 0 Å². The van der Waals surface area contributed by atoms with Gasteiger partial charge < -0.3 is 20.4 Å². The standard InChI is InChI=1S/C16H25N3O5/c1-11-4-3-5-12(2)18(11)10-13(20)17-9-8-16(23)24-19-14(21)6-7-15(19)22/h6-7,11-12,21-22H,3-5,8-10H2,1-2H3,(H,17,20)/t11-,12+/i1+1,2+1,9+1,13+1,17+1. The number of carbonyl (C=O) groups is 2. The third-order valence-corrected chi connectivity index (χ3v) is 4.34. The molecule has 0 aliphatic carbocycles. The zero-order valence-electron chi connectivity index (χ0n) is 14.1. The van der Waals surface area contributed by atoms with Gasteiger partial charge in [0.15, 0.2) is 0 Å². The van der Waals surface area contributed by atoms with Gasteiger partial charge in [-0.3, -0.25) is 9.69 Å². The molecule has 24 heavy (non-hydrogen) atoms. The lowest BCUT2D eigenvalue weighted by Gasteiger charge is -2.38. The van der Waals surface area contributed by atoms with Crippen molar-refractivity contribution in [2.45, 2.75) is 51.6 Å². The van der Waals surface area contributed by atoms with Crippen LogP contribution in [0.5, 0.6) is 11.8 Å². The van der Waals surface area contributed by atoms with Crippen LogP contribution in [-0.2, 0) is 9.59 Å². The molecule has 1 aromatic heterocycles. The summed E-state index contributed by atoms with van der Waals surface area (Å²) in [5.74, 6) is -1.55. The lowest BCUT2D eigenvalue weighted by atomic mass is 10.0. The summed E-state index contributed by atoms with van der Waals surface area (Å²) in [5.41, 5.74) is 0. The van der Waals surface area contributed by atoms with Crippen LogP contribution in [0.1, 0.15) is 39.5 Å². The number of hydrogen-bond donors (Lipinski definition) is 3. The fraction of sp³-hybridized carbons (Fsp3) is 0.625. The summed E-state index contributed by atoms with van der Waals surface area (Å²) in [6, 6.07) is 3.16. The van der Waals surface area contributed by atoms with Gasteiger partial charge >= 0.3 is 5.97 Å². The summed E-state index contributed by atoms with van der Waals surface area (Å²) < 4.78 is 0.626. The van der Waals surface area contributed by atoms with Crippen molar-refractivity contribution in [2.75, 3.05) is 13.1 Å². The molecule has 134 valence electrons. The molecule has 0 radical (unpaired) electrons. The normalized spacial score (nSPS) is 21.4. The van der Waals surface area contributed by atoms with Crippen LogP contribution in [0.25, 0.3) is 0 Å². The number of likely N-dealkylation sites (tertiary alicyclic amines) is 1. The Labute approximate surface area is 141 Å².